The summed E-state index contributed by atoms with van der Waals surface area (Å²) >= 11 is 0.951. The van der Waals surface area contributed by atoms with Gasteiger partial charge in [-0.25, -0.2) is 0 Å². The molecule has 0 radical (unpaired) electrons. The second-order valence-electron chi connectivity index (χ2n) is 5.56. The summed E-state index contributed by atoms with van der Waals surface area (Å²) < 4.78 is 10.9. The Kier molecular flexibility index (Phi) is 4.37. The Balaban J connectivity index is 1.69. The van der Waals surface area contributed by atoms with Crippen molar-refractivity contribution in [1.82, 2.24) is 9.80 Å². The predicted molar refractivity (Wildman–Crippen MR) is 83.0 cm³/mol. The quantitative estimate of drug-likeness (QED) is 0.796. The Morgan fingerprint density at radius 3 is 2.68 bits per heavy atom. The van der Waals surface area contributed by atoms with E-state index in [1.54, 1.807) is 18.2 Å². The summed E-state index contributed by atoms with van der Waals surface area (Å²) in [5, 5.41) is -0.241. The Hall–Kier alpha value is -1.57. The van der Waals surface area contributed by atoms with E-state index in [-0.39, 0.29) is 23.4 Å². The lowest BCUT2D eigenvalue weighted by Gasteiger charge is -2.36. The van der Waals surface area contributed by atoms with E-state index in [2.05, 4.69) is 4.90 Å². The van der Waals surface area contributed by atoms with Crippen LogP contribution in [0.2, 0.25) is 0 Å². The number of furan rings is 1. The van der Waals surface area contributed by atoms with Crippen LogP contribution in [0.1, 0.15) is 19.6 Å². The molecule has 0 aromatic carbocycles. The summed E-state index contributed by atoms with van der Waals surface area (Å²) in [6.45, 7) is 5.71. The van der Waals surface area contributed by atoms with E-state index >= 15 is 0 Å². The van der Waals surface area contributed by atoms with Crippen molar-refractivity contribution < 1.29 is 18.7 Å². The van der Waals surface area contributed by atoms with E-state index in [0.29, 0.717) is 30.4 Å². The van der Waals surface area contributed by atoms with Crippen molar-refractivity contribution in [2.24, 2.45) is 0 Å². The van der Waals surface area contributed by atoms with Gasteiger partial charge in [0.2, 0.25) is 0 Å². The van der Waals surface area contributed by atoms with Crippen LogP contribution in [0.25, 0.3) is 6.08 Å². The highest BCUT2D eigenvalue weighted by Crippen LogP contribution is 2.32. The zero-order valence-electron chi connectivity index (χ0n) is 12.5. The van der Waals surface area contributed by atoms with Gasteiger partial charge in [-0.2, -0.15) is 0 Å². The monoisotopic (exact) mass is 322 g/mol. The summed E-state index contributed by atoms with van der Waals surface area (Å²) in [4.78, 5) is 28.2. The van der Waals surface area contributed by atoms with E-state index < -0.39 is 0 Å². The molecule has 2 aliphatic rings. The molecular weight excluding hydrogens is 304 g/mol. The maximum Gasteiger partial charge on any atom is 0.294 e. The van der Waals surface area contributed by atoms with Crippen molar-refractivity contribution in [3.63, 3.8) is 0 Å². The average Bonchev–Trinajstić information content (AvgIpc) is 3.03. The first kappa shape index (κ1) is 15.3. The zero-order valence-corrected chi connectivity index (χ0v) is 13.3. The molecule has 2 aliphatic heterocycles. The highest BCUT2D eigenvalue weighted by Gasteiger charge is 2.37. The van der Waals surface area contributed by atoms with E-state index in [1.165, 1.54) is 11.2 Å². The van der Waals surface area contributed by atoms with Crippen molar-refractivity contribution in [3.8, 4) is 0 Å². The van der Waals surface area contributed by atoms with Crippen LogP contribution in [0.4, 0.5) is 4.79 Å². The van der Waals surface area contributed by atoms with Gasteiger partial charge in [-0.1, -0.05) is 0 Å². The number of carbonyl (C=O) groups excluding carboxylic acids is 2. The molecule has 1 aromatic heterocycles. The summed E-state index contributed by atoms with van der Waals surface area (Å²) in [6.07, 6.45) is 3.34. The Morgan fingerprint density at radius 2 is 2.05 bits per heavy atom. The Morgan fingerprint density at radius 1 is 1.32 bits per heavy atom. The fourth-order valence-corrected chi connectivity index (χ4v) is 3.54. The number of amides is 2. The lowest BCUT2D eigenvalue weighted by atomic mass is 10.2. The van der Waals surface area contributed by atoms with Gasteiger partial charge in [-0.3, -0.25) is 19.4 Å². The number of ether oxygens (including phenoxy) is 1. The van der Waals surface area contributed by atoms with Crippen LogP contribution in [-0.4, -0.2) is 52.9 Å². The maximum atomic E-state index is 12.4. The molecule has 0 bridgehead atoms. The van der Waals surface area contributed by atoms with Crippen LogP contribution in [-0.2, 0) is 9.53 Å². The van der Waals surface area contributed by atoms with Gasteiger partial charge in [-0.15, -0.1) is 0 Å². The maximum absolute atomic E-state index is 12.4. The van der Waals surface area contributed by atoms with Gasteiger partial charge < -0.3 is 9.15 Å². The lowest BCUT2D eigenvalue weighted by molar-refractivity contribution is -0.127. The third-order valence-corrected chi connectivity index (χ3v) is 4.43. The van der Waals surface area contributed by atoms with Crippen molar-refractivity contribution in [3.05, 3.63) is 29.1 Å². The molecule has 3 rings (SSSR count). The first-order chi connectivity index (χ1) is 10.5. The first-order valence-electron chi connectivity index (χ1n) is 7.19. The lowest BCUT2D eigenvalue weighted by Crippen LogP contribution is -2.50. The second kappa shape index (κ2) is 6.28. The van der Waals surface area contributed by atoms with Crippen LogP contribution in [0.15, 0.2) is 27.7 Å². The fourth-order valence-electron chi connectivity index (χ4n) is 2.72. The van der Waals surface area contributed by atoms with Gasteiger partial charge in [-0.05, 0) is 37.7 Å². The zero-order chi connectivity index (χ0) is 15.7. The molecule has 0 spiro atoms. The summed E-state index contributed by atoms with van der Waals surface area (Å²) in [7, 11) is 0. The van der Waals surface area contributed by atoms with E-state index in [0.717, 1.165) is 11.8 Å². The molecule has 3 heterocycles. The van der Waals surface area contributed by atoms with E-state index in [1.807, 2.05) is 13.8 Å². The third-order valence-electron chi connectivity index (χ3n) is 3.53. The molecule has 0 aliphatic carbocycles. The molecule has 6 nitrogen and oxygen atoms in total. The molecule has 0 saturated carbocycles. The first-order valence-corrected chi connectivity index (χ1v) is 8.01. The normalized spacial score (nSPS) is 28.8. The number of imide groups is 1. The van der Waals surface area contributed by atoms with Crippen molar-refractivity contribution in [2.75, 3.05) is 19.8 Å². The van der Waals surface area contributed by atoms with Crippen LogP contribution >= 0.6 is 11.8 Å². The topological polar surface area (TPSA) is 63.0 Å². The van der Waals surface area contributed by atoms with Gasteiger partial charge in [0.15, 0.2) is 0 Å². The van der Waals surface area contributed by atoms with Crippen LogP contribution in [0.5, 0.6) is 0 Å². The van der Waals surface area contributed by atoms with Gasteiger partial charge in [0.25, 0.3) is 11.1 Å². The largest absolute Gasteiger partial charge is 0.465 e. The number of morpholine rings is 1. The summed E-state index contributed by atoms with van der Waals surface area (Å²) in [5.41, 5.74) is 0. The molecule has 2 saturated heterocycles. The molecule has 0 N–H and O–H groups in total. The number of nitrogens with zero attached hydrogens (tertiary/aromatic N) is 2. The fraction of sp³-hybridized carbons (Fsp3) is 0.467. The predicted octanol–water partition coefficient (Wildman–Crippen LogP) is 2.38. The number of rotatable bonds is 3. The van der Waals surface area contributed by atoms with Crippen molar-refractivity contribution in [2.45, 2.75) is 26.1 Å². The number of hydrogen-bond donors (Lipinski definition) is 0. The SMILES string of the molecule is CC1CN(CN2C(=O)S/C(=C/c3ccco3)C2=O)CC(C)O1. The molecule has 2 amide bonds. The van der Waals surface area contributed by atoms with Crippen molar-refractivity contribution >= 4 is 29.0 Å². The molecule has 118 valence electrons. The number of thioether (sulfide) groups is 1. The van der Waals surface area contributed by atoms with Gasteiger partial charge in [0, 0.05) is 19.2 Å². The van der Waals surface area contributed by atoms with Crippen LogP contribution in [0.3, 0.4) is 0 Å². The Bertz CT molecular complexity index is 589. The standard InChI is InChI=1S/C15H18N2O4S/c1-10-7-16(8-11(2)21-10)9-17-14(18)13(22-15(17)19)6-12-4-3-5-20-12/h3-6,10-11H,7-9H2,1-2H3/b13-6+. The molecular formula is C15H18N2O4S. The molecule has 2 unspecified atom stereocenters. The molecule has 1 aromatic rings. The number of carbonyl (C=O) groups is 2. The van der Waals surface area contributed by atoms with Crippen LogP contribution < -0.4 is 0 Å². The average molecular weight is 322 g/mol. The van der Waals surface area contributed by atoms with Gasteiger partial charge in [0.1, 0.15) is 5.76 Å². The summed E-state index contributed by atoms with van der Waals surface area (Å²) in [5.74, 6) is 0.303. The highest BCUT2D eigenvalue weighted by molar-refractivity contribution is 8.18. The van der Waals surface area contributed by atoms with Crippen LogP contribution in [0, 0.1) is 0 Å². The minimum atomic E-state index is -0.266. The summed E-state index contributed by atoms with van der Waals surface area (Å²) in [6, 6.07) is 3.49. The minimum absolute atomic E-state index is 0.0994. The van der Waals surface area contributed by atoms with Crippen molar-refractivity contribution in [1.29, 1.82) is 0 Å². The third kappa shape index (κ3) is 3.26. The highest BCUT2D eigenvalue weighted by atomic mass is 32.2. The smallest absolute Gasteiger partial charge is 0.294 e. The van der Waals surface area contributed by atoms with Gasteiger partial charge in [0.05, 0.1) is 30.0 Å². The Labute approximate surface area is 133 Å². The number of hydrogen-bond acceptors (Lipinski definition) is 6. The van der Waals surface area contributed by atoms with E-state index in [9.17, 15) is 9.59 Å². The minimum Gasteiger partial charge on any atom is -0.465 e. The molecule has 2 atom stereocenters. The van der Waals surface area contributed by atoms with Gasteiger partial charge >= 0.3 is 0 Å². The molecule has 2 fully saturated rings. The second-order valence-corrected chi connectivity index (χ2v) is 6.55. The molecule has 22 heavy (non-hydrogen) atoms. The molecule has 7 heteroatoms. The van der Waals surface area contributed by atoms with E-state index in [4.69, 9.17) is 9.15 Å².